The van der Waals surface area contributed by atoms with Gasteiger partial charge in [-0.2, -0.15) is 0 Å². The maximum absolute atomic E-state index is 11.5. The number of allylic oxidation sites excluding steroid dienone is 2. The third-order valence-electron chi connectivity index (χ3n) is 2.18. The Hall–Kier alpha value is -2.23. The predicted octanol–water partition coefficient (Wildman–Crippen LogP) is 1.95. The number of hydrogen-bond donors (Lipinski definition) is 0. The molecule has 0 atom stereocenters. The third kappa shape index (κ3) is 5.21. The van der Waals surface area contributed by atoms with Gasteiger partial charge in [-0.05, 0) is 24.6 Å². The molecule has 0 aromatic heterocycles. The Bertz CT molecular complexity index is 434. The molecule has 0 radical (unpaired) electrons. The van der Waals surface area contributed by atoms with Crippen molar-refractivity contribution in [1.29, 1.82) is 0 Å². The molecule has 0 aliphatic rings. The minimum atomic E-state index is -0.507. The number of carbonyl (C=O) groups excluding carboxylic acids is 3. The summed E-state index contributed by atoms with van der Waals surface area (Å²) in [5.74, 6) is -0.679. The molecule has 0 heterocycles. The Morgan fingerprint density at radius 3 is 2.56 bits per heavy atom. The lowest BCUT2D eigenvalue weighted by Crippen LogP contribution is -2.13. The average molecular weight is 246 g/mol. The smallest absolute Gasteiger partial charge is 0.338 e. The molecule has 94 valence electrons. The molecule has 1 aromatic rings. The molecule has 0 spiro atoms. The summed E-state index contributed by atoms with van der Waals surface area (Å²) in [7, 11) is 0. The van der Waals surface area contributed by atoms with E-state index in [2.05, 4.69) is 0 Å². The Kier molecular flexibility index (Phi) is 6.11. The van der Waals surface area contributed by atoms with E-state index < -0.39 is 5.97 Å². The van der Waals surface area contributed by atoms with Gasteiger partial charge in [0, 0.05) is 6.42 Å². The lowest BCUT2D eigenvalue weighted by molar-refractivity contribution is -0.122. The fourth-order valence-corrected chi connectivity index (χ4v) is 1.27. The molecule has 4 heteroatoms. The zero-order valence-corrected chi connectivity index (χ0v) is 9.87. The van der Waals surface area contributed by atoms with E-state index in [0.717, 1.165) is 0 Å². The van der Waals surface area contributed by atoms with Crippen LogP contribution in [0.1, 0.15) is 23.2 Å². The fourth-order valence-electron chi connectivity index (χ4n) is 1.27. The molecule has 18 heavy (non-hydrogen) atoms. The van der Waals surface area contributed by atoms with Crippen molar-refractivity contribution < 1.29 is 19.1 Å². The van der Waals surface area contributed by atoms with Crippen molar-refractivity contribution >= 4 is 18.0 Å². The van der Waals surface area contributed by atoms with Gasteiger partial charge < -0.3 is 4.74 Å². The zero-order valence-electron chi connectivity index (χ0n) is 9.87. The van der Waals surface area contributed by atoms with E-state index >= 15 is 0 Å². The maximum Gasteiger partial charge on any atom is 0.338 e. The van der Waals surface area contributed by atoms with E-state index in [1.807, 2.05) is 0 Å². The molecule has 1 aromatic carbocycles. The zero-order chi connectivity index (χ0) is 13.2. The van der Waals surface area contributed by atoms with Crippen LogP contribution in [0.15, 0.2) is 42.5 Å². The van der Waals surface area contributed by atoms with Gasteiger partial charge in [0.2, 0.25) is 0 Å². The summed E-state index contributed by atoms with van der Waals surface area (Å²) in [5.41, 5.74) is 0.422. The predicted molar refractivity (Wildman–Crippen MR) is 66.2 cm³/mol. The molecular weight excluding hydrogens is 232 g/mol. The molecule has 0 saturated heterocycles. The van der Waals surface area contributed by atoms with Crippen molar-refractivity contribution in [2.24, 2.45) is 0 Å². The van der Waals surface area contributed by atoms with Crippen molar-refractivity contribution in [2.45, 2.75) is 12.8 Å². The molecule has 1 rings (SSSR count). The van der Waals surface area contributed by atoms with Crippen LogP contribution in [0.4, 0.5) is 0 Å². The van der Waals surface area contributed by atoms with Crippen molar-refractivity contribution in [3.63, 3.8) is 0 Å². The van der Waals surface area contributed by atoms with Crippen LogP contribution in [0.25, 0.3) is 0 Å². The van der Waals surface area contributed by atoms with Crippen molar-refractivity contribution in [3.8, 4) is 0 Å². The molecule has 0 fully saturated rings. The lowest BCUT2D eigenvalue weighted by atomic mass is 10.2. The highest BCUT2D eigenvalue weighted by Gasteiger charge is 2.08. The van der Waals surface area contributed by atoms with Gasteiger partial charge in [0.1, 0.15) is 12.9 Å². The number of esters is 1. The van der Waals surface area contributed by atoms with Crippen LogP contribution in [0.5, 0.6) is 0 Å². The SMILES string of the molecule is O=C/C=C/CCC(=O)COC(=O)c1ccccc1. The number of ether oxygens (including phenoxy) is 1. The average Bonchev–Trinajstić information content (AvgIpc) is 2.42. The van der Waals surface area contributed by atoms with Gasteiger partial charge in [-0.3, -0.25) is 9.59 Å². The first-order chi connectivity index (χ1) is 8.74. The van der Waals surface area contributed by atoms with Crippen LogP contribution in [0, 0.1) is 0 Å². The maximum atomic E-state index is 11.5. The Balaban J connectivity index is 2.28. The van der Waals surface area contributed by atoms with E-state index in [1.54, 1.807) is 36.4 Å². The topological polar surface area (TPSA) is 60.4 Å². The molecule has 4 nitrogen and oxygen atoms in total. The van der Waals surface area contributed by atoms with E-state index in [1.165, 1.54) is 6.08 Å². The summed E-state index contributed by atoms with van der Waals surface area (Å²) in [5, 5.41) is 0. The van der Waals surface area contributed by atoms with Gasteiger partial charge in [-0.25, -0.2) is 4.79 Å². The molecule has 0 bridgehead atoms. The second-order valence-electron chi connectivity index (χ2n) is 3.58. The van der Waals surface area contributed by atoms with Crippen LogP contribution in [0.3, 0.4) is 0 Å². The number of rotatable bonds is 7. The Morgan fingerprint density at radius 1 is 1.17 bits per heavy atom. The molecule has 0 N–H and O–H groups in total. The highest BCUT2D eigenvalue weighted by molar-refractivity contribution is 5.91. The highest BCUT2D eigenvalue weighted by Crippen LogP contribution is 2.02. The van der Waals surface area contributed by atoms with Crippen LogP contribution < -0.4 is 0 Å². The summed E-state index contributed by atoms with van der Waals surface area (Å²) in [6, 6.07) is 8.49. The van der Waals surface area contributed by atoms with Crippen LogP contribution in [-0.4, -0.2) is 24.6 Å². The van der Waals surface area contributed by atoms with Crippen molar-refractivity contribution in [1.82, 2.24) is 0 Å². The summed E-state index contributed by atoms with van der Waals surface area (Å²) < 4.78 is 4.86. The number of benzene rings is 1. The van der Waals surface area contributed by atoms with Gasteiger partial charge >= 0.3 is 5.97 Å². The minimum Gasteiger partial charge on any atom is -0.454 e. The fraction of sp³-hybridized carbons (Fsp3) is 0.214. The first-order valence-corrected chi connectivity index (χ1v) is 5.58. The quantitative estimate of drug-likeness (QED) is 0.419. The molecule has 0 amide bonds. The highest BCUT2D eigenvalue weighted by atomic mass is 16.5. The number of ketones is 1. The third-order valence-corrected chi connectivity index (χ3v) is 2.18. The summed E-state index contributed by atoms with van der Waals surface area (Å²) in [4.78, 5) is 32.8. The second kappa shape index (κ2) is 7.95. The van der Waals surface area contributed by atoms with E-state index in [-0.39, 0.29) is 18.8 Å². The largest absolute Gasteiger partial charge is 0.454 e. The standard InChI is InChI=1S/C14H14O4/c15-10-6-2-5-9-13(16)11-18-14(17)12-7-3-1-4-8-12/h1-4,6-8,10H,5,9,11H2/b6-2+. The number of aldehydes is 1. The second-order valence-corrected chi connectivity index (χ2v) is 3.58. The van der Waals surface area contributed by atoms with Gasteiger partial charge in [-0.1, -0.05) is 24.3 Å². The monoisotopic (exact) mass is 246 g/mol. The van der Waals surface area contributed by atoms with Gasteiger partial charge in [0.15, 0.2) is 5.78 Å². The Labute approximate surface area is 105 Å². The number of carbonyl (C=O) groups is 3. The first-order valence-electron chi connectivity index (χ1n) is 5.58. The summed E-state index contributed by atoms with van der Waals surface area (Å²) >= 11 is 0. The normalized spacial score (nSPS) is 10.2. The summed E-state index contributed by atoms with van der Waals surface area (Å²) in [6.07, 6.45) is 4.32. The van der Waals surface area contributed by atoms with Gasteiger partial charge in [-0.15, -0.1) is 0 Å². The first kappa shape index (κ1) is 13.8. The van der Waals surface area contributed by atoms with Crippen LogP contribution in [-0.2, 0) is 14.3 Å². The summed E-state index contributed by atoms with van der Waals surface area (Å²) in [6.45, 7) is -0.233. The number of Topliss-reactive ketones (excluding diaryl/α,β-unsaturated/α-hetero) is 1. The molecule has 0 unspecified atom stereocenters. The van der Waals surface area contributed by atoms with Crippen molar-refractivity contribution in [2.75, 3.05) is 6.61 Å². The lowest BCUT2D eigenvalue weighted by Gasteiger charge is -2.03. The molecule has 0 saturated carbocycles. The molecule has 0 aliphatic carbocycles. The number of hydrogen-bond acceptors (Lipinski definition) is 4. The van der Waals surface area contributed by atoms with Gasteiger partial charge in [0.05, 0.1) is 5.56 Å². The van der Waals surface area contributed by atoms with Crippen LogP contribution >= 0.6 is 0 Å². The van der Waals surface area contributed by atoms with E-state index in [9.17, 15) is 14.4 Å². The molecular formula is C14H14O4. The molecule has 0 aliphatic heterocycles. The minimum absolute atomic E-state index is 0.171. The van der Waals surface area contributed by atoms with E-state index in [4.69, 9.17) is 4.74 Å². The van der Waals surface area contributed by atoms with Gasteiger partial charge in [0.25, 0.3) is 0 Å². The van der Waals surface area contributed by atoms with Crippen molar-refractivity contribution in [3.05, 3.63) is 48.0 Å². The Morgan fingerprint density at radius 2 is 1.89 bits per heavy atom. The van der Waals surface area contributed by atoms with Crippen LogP contribution in [0.2, 0.25) is 0 Å². The van der Waals surface area contributed by atoms with E-state index in [0.29, 0.717) is 18.3 Å².